The standard InChI is InChI=1S/C17H22N6O2/c1-24-16-7-15(21-11-22-16)23-6-3-12-10-25-14(13(12)9-23)8-20-17-18-4-2-5-19-17/h2,4-5,7,11-14H,3,6,8-10H2,1H3,(H,18,19,20)/t12-,13-,14+/m0/s1. The summed E-state index contributed by atoms with van der Waals surface area (Å²) >= 11 is 0. The molecule has 2 fully saturated rings. The molecule has 0 spiro atoms. The van der Waals surface area contributed by atoms with E-state index in [1.807, 2.05) is 12.1 Å². The van der Waals surface area contributed by atoms with Crippen molar-refractivity contribution in [2.45, 2.75) is 12.5 Å². The molecular weight excluding hydrogens is 320 g/mol. The second-order valence-electron chi connectivity index (χ2n) is 6.40. The Morgan fingerprint density at radius 3 is 3.00 bits per heavy atom. The summed E-state index contributed by atoms with van der Waals surface area (Å²) < 4.78 is 11.3. The molecule has 132 valence electrons. The molecule has 2 aromatic heterocycles. The predicted octanol–water partition coefficient (Wildman–Crippen LogP) is 1.23. The van der Waals surface area contributed by atoms with E-state index in [0.29, 0.717) is 30.2 Å². The van der Waals surface area contributed by atoms with Crippen molar-refractivity contribution < 1.29 is 9.47 Å². The van der Waals surface area contributed by atoms with Crippen LogP contribution in [0.3, 0.4) is 0 Å². The fourth-order valence-corrected chi connectivity index (χ4v) is 3.64. The van der Waals surface area contributed by atoms with Crippen LogP contribution in [0.2, 0.25) is 0 Å². The molecular formula is C17H22N6O2. The highest BCUT2D eigenvalue weighted by Gasteiger charge is 2.41. The number of aromatic nitrogens is 4. The Morgan fingerprint density at radius 2 is 2.16 bits per heavy atom. The van der Waals surface area contributed by atoms with Crippen LogP contribution >= 0.6 is 0 Å². The lowest BCUT2D eigenvalue weighted by Gasteiger charge is -2.36. The van der Waals surface area contributed by atoms with Gasteiger partial charge in [0.05, 0.1) is 19.8 Å². The highest BCUT2D eigenvalue weighted by Crippen LogP contribution is 2.35. The molecule has 0 saturated carbocycles. The number of hydrogen-bond acceptors (Lipinski definition) is 8. The van der Waals surface area contributed by atoms with E-state index in [4.69, 9.17) is 9.47 Å². The highest BCUT2D eigenvalue weighted by atomic mass is 16.5. The molecule has 2 aliphatic heterocycles. The van der Waals surface area contributed by atoms with E-state index in [-0.39, 0.29) is 6.10 Å². The van der Waals surface area contributed by atoms with Crippen molar-refractivity contribution in [1.29, 1.82) is 0 Å². The molecule has 8 heteroatoms. The molecule has 25 heavy (non-hydrogen) atoms. The zero-order chi connectivity index (χ0) is 17.1. The monoisotopic (exact) mass is 342 g/mol. The minimum Gasteiger partial charge on any atom is -0.481 e. The first-order valence-electron chi connectivity index (χ1n) is 8.57. The maximum Gasteiger partial charge on any atom is 0.222 e. The number of piperidine rings is 1. The lowest BCUT2D eigenvalue weighted by atomic mass is 9.84. The molecule has 0 radical (unpaired) electrons. The molecule has 4 rings (SSSR count). The van der Waals surface area contributed by atoms with E-state index >= 15 is 0 Å². The van der Waals surface area contributed by atoms with E-state index in [1.165, 1.54) is 0 Å². The minimum absolute atomic E-state index is 0.153. The third-order valence-electron chi connectivity index (χ3n) is 5.00. The molecule has 0 bridgehead atoms. The fraction of sp³-hybridized carbons (Fsp3) is 0.529. The van der Waals surface area contributed by atoms with Crippen LogP contribution in [0.5, 0.6) is 5.88 Å². The van der Waals surface area contributed by atoms with Crippen LogP contribution in [0.25, 0.3) is 0 Å². The highest BCUT2D eigenvalue weighted by molar-refractivity contribution is 5.41. The number of anilines is 2. The summed E-state index contributed by atoms with van der Waals surface area (Å²) in [6.45, 7) is 3.44. The Labute approximate surface area is 146 Å². The molecule has 2 aromatic rings. The van der Waals surface area contributed by atoms with Crippen molar-refractivity contribution in [2.24, 2.45) is 11.8 Å². The Hall–Kier alpha value is -2.48. The van der Waals surface area contributed by atoms with Gasteiger partial charge in [0, 0.05) is 44.0 Å². The van der Waals surface area contributed by atoms with Crippen LogP contribution in [0.4, 0.5) is 11.8 Å². The second kappa shape index (κ2) is 7.18. The normalized spacial score (nSPS) is 25.5. The summed E-state index contributed by atoms with van der Waals surface area (Å²) in [6.07, 6.45) is 6.28. The Kier molecular flexibility index (Phi) is 4.60. The average Bonchev–Trinajstić information content (AvgIpc) is 3.09. The summed E-state index contributed by atoms with van der Waals surface area (Å²) in [5.74, 6) is 3.21. The quantitative estimate of drug-likeness (QED) is 0.868. The number of ether oxygens (including phenoxy) is 2. The Morgan fingerprint density at radius 1 is 1.28 bits per heavy atom. The largest absolute Gasteiger partial charge is 0.481 e. The molecule has 0 unspecified atom stereocenters. The van der Waals surface area contributed by atoms with E-state index in [2.05, 4.69) is 30.2 Å². The van der Waals surface area contributed by atoms with Gasteiger partial charge in [-0.05, 0) is 18.4 Å². The van der Waals surface area contributed by atoms with Gasteiger partial charge in [-0.1, -0.05) is 0 Å². The van der Waals surface area contributed by atoms with Crippen molar-refractivity contribution >= 4 is 11.8 Å². The third-order valence-corrected chi connectivity index (χ3v) is 5.00. The van der Waals surface area contributed by atoms with Crippen LogP contribution in [-0.2, 0) is 4.74 Å². The molecule has 1 N–H and O–H groups in total. The fourth-order valence-electron chi connectivity index (χ4n) is 3.64. The molecule has 8 nitrogen and oxygen atoms in total. The lowest BCUT2D eigenvalue weighted by Crippen LogP contribution is -2.44. The van der Waals surface area contributed by atoms with Gasteiger partial charge < -0.3 is 19.7 Å². The van der Waals surface area contributed by atoms with Gasteiger partial charge in [-0.2, -0.15) is 0 Å². The van der Waals surface area contributed by atoms with Crippen molar-refractivity contribution in [2.75, 3.05) is 43.6 Å². The summed E-state index contributed by atoms with van der Waals surface area (Å²) in [5.41, 5.74) is 0. The van der Waals surface area contributed by atoms with Crippen molar-refractivity contribution in [3.8, 4) is 5.88 Å². The zero-order valence-electron chi connectivity index (χ0n) is 14.2. The van der Waals surface area contributed by atoms with Crippen molar-refractivity contribution in [1.82, 2.24) is 19.9 Å². The average molecular weight is 342 g/mol. The van der Waals surface area contributed by atoms with Crippen LogP contribution in [0.15, 0.2) is 30.9 Å². The minimum atomic E-state index is 0.153. The smallest absolute Gasteiger partial charge is 0.222 e. The number of rotatable bonds is 5. The zero-order valence-corrected chi connectivity index (χ0v) is 14.2. The molecule has 0 amide bonds. The lowest BCUT2D eigenvalue weighted by molar-refractivity contribution is 0.102. The summed E-state index contributed by atoms with van der Waals surface area (Å²) in [6, 6.07) is 3.70. The first-order chi connectivity index (χ1) is 12.3. The molecule has 0 aliphatic carbocycles. The number of hydrogen-bond donors (Lipinski definition) is 1. The molecule has 3 atom stereocenters. The number of fused-ring (bicyclic) bond motifs is 1. The molecule has 0 aromatic carbocycles. The maximum atomic E-state index is 6.05. The first kappa shape index (κ1) is 16.0. The molecule has 2 saturated heterocycles. The third kappa shape index (κ3) is 3.48. The molecule has 2 aliphatic rings. The van der Waals surface area contributed by atoms with Crippen LogP contribution in [-0.4, -0.2) is 59.4 Å². The van der Waals surface area contributed by atoms with Crippen molar-refractivity contribution in [3.63, 3.8) is 0 Å². The van der Waals surface area contributed by atoms with Crippen LogP contribution in [0, 0.1) is 11.8 Å². The van der Waals surface area contributed by atoms with Gasteiger partial charge >= 0.3 is 0 Å². The van der Waals surface area contributed by atoms with E-state index in [9.17, 15) is 0 Å². The topological polar surface area (TPSA) is 85.3 Å². The van der Waals surface area contributed by atoms with Gasteiger partial charge in [0.25, 0.3) is 0 Å². The predicted molar refractivity (Wildman–Crippen MR) is 92.7 cm³/mol. The summed E-state index contributed by atoms with van der Waals surface area (Å²) in [5, 5.41) is 3.28. The van der Waals surface area contributed by atoms with E-state index in [0.717, 1.165) is 31.9 Å². The number of nitrogens with one attached hydrogen (secondary N) is 1. The van der Waals surface area contributed by atoms with Gasteiger partial charge in [-0.25, -0.2) is 19.9 Å². The summed E-state index contributed by atoms with van der Waals surface area (Å²) in [7, 11) is 1.62. The van der Waals surface area contributed by atoms with Gasteiger partial charge in [0.1, 0.15) is 12.1 Å². The number of nitrogens with zero attached hydrogens (tertiary/aromatic N) is 5. The number of methoxy groups -OCH3 is 1. The van der Waals surface area contributed by atoms with Crippen molar-refractivity contribution in [3.05, 3.63) is 30.9 Å². The first-order valence-corrected chi connectivity index (χ1v) is 8.57. The second-order valence-corrected chi connectivity index (χ2v) is 6.40. The molecule has 4 heterocycles. The summed E-state index contributed by atoms with van der Waals surface area (Å²) in [4.78, 5) is 19.2. The SMILES string of the molecule is COc1cc(N2CC[C@H]3CO[C@H](CNc4ncccn4)[C@H]3C2)ncn1. The van der Waals surface area contributed by atoms with Crippen LogP contribution < -0.4 is 15.0 Å². The van der Waals surface area contributed by atoms with Gasteiger partial charge in [-0.3, -0.25) is 0 Å². The maximum absolute atomic E-state index is 6.05. The van der Waals surface area contributed by atoms with Gasteiger partial charge in [-0.15, -0.1) is 0 Å². The Bertz CT molecular complexity index is 701. The van der Waals surface area contributed by atoms with E-state index < -0.39 is 0 Å². The van der Waals surface area contributed by atoms with Gasteiger partial charge in [0.2, 0.25) is 11.8 Å². The van der Waals surface area contributed by atoms with Crippen LogP contribution in [0.1, 0.15) is 6.42 Å². The Balaban J connectivity index is 1.41. The van der Waals surface area contributed by atoms with Gasteiger partial charge in [0.15, 0.2) is 0 Å². The van der Waals surface area contributed by atoms with E-state index in [1.54, 1.807) is 25.8 Å².